The monoisotopic (exact) mass is 481 g/mol. The molecule has 1 amide bonds. The third kappa shape index (κ3) is 4.95. The van der Waals surface area contributed by atoms with Gasteiger partial charge in [-0.05, 0) is 49.6 Å². The van der Waals surface area contributed by atoms with Crippen molar-refractivity contribution in [1.82, 2.24) is 20.1 Å². The fourth-order valence-electron chi connectivity index (χ4n) is 3.85. The lowest BCUT2D eigenvalue weighted by atomic mass is 9.99. The molecule has 3 heterocycles. The number of hydrogen-bond donors (Lipinski definition) is 1. The number of carbonyl (C=O) groups excluding carboxylic acids is 1. The molecule has 1 N–H and O–H groups in total. The second-order valence-corrected chi connectivity index (χ2v) is 11.1. The Kier molecular flexibility index (Phi) is 6.38. The number of hydrogen-bond acceptors (Lipinski definition) is 8. The molecule has 1 fully saturated rings. The van der Waals surface area contributed by atoms with E-state index in [1.165, 1.54) is 33.4 Å². The number of nitrogens with zero attached hydrogens (tertiary/aromatic N) is 4. The van der Waals surface area contributed by atoms with Crippen molar-refractivity contribution in [3.63, 3.8) is 0 Å². The van der Waals surface area contributed by atoms with Crippen LogP contribution >= 0.6 is 34.4 Å². The van der Waals surface area contributed by atoms with Crippen molar-refractivity contribution in [3.05, 3.63) is 59.1 Å². The van der Waals surface area contributed by atoms with Crippen molar-refractivity contribution in [3.8, 4) is 0 Å². The predicted octanol–water partition coefficient (Wildman–Crippen LogP) is 5.70. The molecule has 0 spiro atoms. The zero-order valence-corrected chi connectivity index (χ0v) is 20.1. The third-order valence-corrected chi connectivity index (χ3v) is 8.58. The Bertz CT molecular complexity index is 1200. The minimum absolute atomic E-state index is 0.157. The van der Waals surface area contributed by atoms with Gasteiger partial charge in [0.2, 0.25) is 11.0 Å². The summed E-state index contributed by atoms with van der Waals surface area (Å²) < 4.78 is 2.01. The molecule has 2 aromatic carbocycles. The Hall–Kier alpha value is -2.49. The molecule has 1 aliphatic heterocycles. The number of rotatable bonds is 6. The highest BCUT2D eigenvalue weighted by molar-refractivity contribution is 8.01. The van der Waals surface area contributed by atoms with Gasteiger partial charge in [0.05, 0.1) is 21.0 Å². The molecule has 1 saturated heterocycles. The van der Waals surface area contributed by atoms with E-state index in [1.807, 2.05) is 29.2 Å². The largest absolute Gasteiger partial charge is 0.341 e. The van der Waals surface area contributed by atoms with Crippen molar-refractivity contribution < 1.29 is 4.79 Å². The van der Waals surface area contributed by atoms with E-state index in [2.05, 4.69) is 46.7 Å². The van der Waals surface area contributed by atoms with Crippen LogP contribution in [0.5, 0.6) is 0 Å². The number of thioether (sulfide) groups is 1. The molecule has 0 radical (unpaired) electrons. The maximum Gasteiger partial charge on any atom is 0.233 e. The molecule has 4 aromatic rings. The molecule has 0 unspecified atom stereocenters. The molecular formula is C23H23N5OS3. The van der Waals surface area contributed by atoms with Crippen LogP contribution < -0.4 is 5.32 Å². The van der Waals surface area contributed by atoms with E-state index in [1.54, 1.807) is 11.3 Å². The summed E-state index contributed by atoms with van der Waals surface area (Å²) in [6, 6.07) is 16.4. The first-order chi connectivity index (χ1) is 15.6. The molecule has 6 nitrogen and oxygen atoms in total. The number of amides is 1. The molecule has 2 aromatic heterocycles. The minimum Gasteiger partial charge on any atom is -0.341 e. The Balaban J connectivity index is 1.17. The number of carbonyl (C=O) groups is 1. The summed E-state index contributed by atoms with van der Waals surface area (Å²) in [6.45, 7) is 3.62. The second-order valence-electron chi connectivity index (χ2n) is 7.86. The van der Waals surface area contributed by atoms with E-state index in [4.69, 9.17) is 4.98 Å². The quantitative estimate of drug-likeness (QED) is 0.356. The first kappa shape index (κ1) is 21.4. The summed E-state index contributed by atoms with van der Waals surface area (Å²) >= 11 is 4.68. The average molecular weight is 482 g/mol. The summed E-state index contributed by atoms with van der Waals surface area (Å²) in [5.74, 6) is 0.858. The molecular weight excluding hydrogens is 458 g/mol. The van der Waals surface area contributed by atoms with Crippen molar-refractivity contribution in [2.75, 3.05) is 24.2 Å². The van der Waals surface area contributed by atoms with E-state index < -0.39 is 0 Å². The minimum atomic E-state index is 0.157. The molecule has 0 bridgehead atoms. The van der Waals surface area contributed by atoms with Gasteiger partial charge in [0.1, 0.15) is 0 Å². The van der Waals surface area contributed by atoms with Gasteiger partial charge in [0.15, 0.2) is 4.34 Å². The number of aryl methyl sites for hydroxylation is 1. The molecule has 164 valence electrons. The maximum atomic E-state index is 12.9. The van der Waals surface area contributed by atoms with E-state index >= 15 is 0 Å². The number of fused-ring (bicyclic) bond motifs is 1. The Morgan fingerprint density at radius 1 is 1.19 bits per heavy atom. The van der Waals surface area contributed by atoms with E-state index in [9.17, 15) is 4.79 Å². The number of aromatic nitrogens is 3. The van der Waals surface area contributed by atoms with Crippen molar-refractivity contribution in [2.45, 2.75) is 30.0 Å². The molecule has 5 rings (SSSR count). The van der Waals surface area contributed by atoms with Crippen LogP contribution in [0.3, 0.4) is 0 Å². The highest BCUT2D eigenvalue weighted by Crippen LogP contribution is 2.34. The lowest BCUT2D eigenvalue weighted by molar-refractivity contribution is -0.129. The molecule has 0 saturated carbocycles. The predicted molar refractivity (Wildman–Crippen MR) is 133 cm³/mol. The van der Waals surface area contributed by atoms with Gasteiger partial charge in [-0.15, -0.1) is 21.5 Å². The van der Waals surface area contributed by atoms with Crippen LogP contribution in [0, 0.1) is 6.92 Å². The molecule has 0 aliphatic carbocycles. The summed E-state index contributed by atoms with van der Waals surface area (Å²) in [6.07, 6.45) is 2.10. The zero-order valence-electron chi connectivity index (χ0n) is 17.7. The molecule has 9 heteroatoms. The number of thiazole rings is 1. The van der Waals surface area contributed by atoms with Gasteiger partial charge >= 0.3 is 0 Å². The Morgan fingerprint density at radius 2 is 2.09 bits per heavy atom. The lowest BCUT2D eigenvalue weighted by Gasteiger charge is -2.31. The van der Waals surface area contributed by atoms with Crippen LogP contribution in [-0.2, 0) is 4.79 Å². The highest BCUT2D eigenvalue weighted by Gasteiger charge is 2.27. The Labute approximate surface area is 199 Å². The van der Waals surface area contributed by atoms with Gasteiger partial charge in [-0.3, -0.25) is 4.79 Å². The van der Waals surface area contributed by atoms with Gasteiger partial charge in [-0.1, -0.05) is 47.4 Å². The topological polar surface area (TPSA) is 71.0 Å². The summed E-state index contributed by atoms with van der Waals surface area (Å²) in [5.41, 5.74) is 3.23. The van der Waals surface area contributed by atoms with Gasteiger partial charge in [0.25, 0.3) is 0 Å². The third-order valence-electron chi connectivity index (χ3n) is 5.43. The number of anilines is 2. The highest BCUT2D eigenvalue weighted by atomic mass is 32.2. The van der Waals surface area contributed by atoms with Crippen molar-refractivity contribution in [2.24, 2.45) is 0 Å². The number of likely N-dealkylation sites (tertiary alicyclic amines) is 1. The van der Waals surface area contributed by atoms with E-state index in [0.29, 0.717) is 11.7 Å². The molecule has 1 atom stereocenters. The average Bonchev–Trinajstić information content (AvgIpc) is 3.44. The maximum absolute atomic E-state index is 12.9. The number of piperidine rings is 1. The van der Waals surface area contributed by atoms with Crippen LogP contribution in [-0.4, -0.2) is 44.8 Å². The van der Waals surface area contributed by atoms with Gasteiger partial charge in [-0.25, -0.2) is 4.98 Å². The van der Waals surface area contributed by atoms with Crippen LogP contribution in [0.2, 0.25) is 0 Å². The smallest absolute Gasteiger partial charge is 0.233 e. The Morgan fingerprint density at radius 3 is 2.97 bits per heavy atom. The zero-order chi connectivity index (χ0) is 21.9. The van der Waals surface area contributed by atoms with E-state index in [-0.39, 0.29) is 5.91 Å². The second kappa shape index (κ2) is 9.56. The van der Waals surface area contributed by atoms with Crippen LogP contribution in [0.25, 0.3) is 10.2 Å². The molecule has 32 heavy (non-hydrogen) atoms. The normalized spacial score (nSPS) is 16.4. The van der Waals surface area contributed by atoms with Crippen LogP contribution in [0.4, 0.5) is 10.8 Å². The number of nitrogens with one attached hydrogen (secondary N) is 1. The van der Waals surface area contributed by atoms with Crippen molar-refractivity contribution >= 4 is 61.4 Å². The van der Waals surface area contributed by atoms with Crippen molar-refractivity contribution in [1.29, 1.82) is 0 Å². The van der Waals surface area contributed by atoms with Crippen LogP contribution in [0.1, 0.15) is 29.3 Å². The molecule has 1 aliphatic rings. The summed E-state index contributed by atoms with van der Waals surface area (Å²) in [5, 5.41) is 13.6. The first-order valence-corrected chi connectivity index (χ1v) is 13.2. The summed E-state index contributed by atoms with van der Waals surface area (Å²) in [4.78, 5) is 19.7. The SMILES string of the molecule is Cc1cccc(Nc2nnc(SCC(=O)N3CCC[C@H](c4nc5ccccc5s4)C3)s2)c1. The van der Waals surface area contributed by atoms with Gasteiger partial charge < -0.3 is 10.2 Å². The first-order valence-electron chi connectivity index (χ1n) is 10.6. The summed E-state index contributed by atoms with van der Waals surface area (Å²) in [7, 11) is 0. The van der Waals surface area contributed by atoms with Gasteiger partial charge in [0, 0.05) is 24.7 Å². The van der Waals surface area contributed by atoms with E-state index in [0.717, 1.165) is 51.6 Å². The fourth-order valence-corrected chi connectivity index (χ4v) is 6.62. The fraction of sp³-hybridized carbons (Fsp3) is 0.304. The number of benzene rings is 2. The lowest BCUT2D eigenvalue weighted by Crippen LogP contribution is -2.40. The number of para-hydroxylation sites is 1. The standard InChI is InChI=1S/C23H23N5OS3/c1-15-6-4-8-17(12-15)24-22-26-27-23(32-22)30-14-20(29)28-11-5-7-16(13-28)21-25-18-9-2-3-10-19(18)31-21/h2-4,6,8-10,12,16H,5,7,11,13-14H2,1H3,(H,24,26)/t16-/m0/s1. The van der Waals surface area contributed by atoms with Crippen LogP contribution in [0.15, 0.2) is 52.9 Å². The van der Waals surface area contributed by atoms with Gasteiger partial charge in [-0.2, -0.15) is 0 Å².